The molecule has 3 nitrogen and oxygen atoms in total. The molecule has 0 aliphatic rings. The maximum Gasteiger partial charge on any atom is 0.156 e. The number of nitrogens with two attached hydrogens (primary N) is 1. The van der Waals surface area contributed by atoms with E-state index in [1.165, 1.54) is 0 Å². The second kappa shape index (κ2) is 3.32. The molecule has 0 heterocycles. The van der Waals surface area contributed by atoms with E-state index in [-0.39, 0.29) is 6.04 Å². The van der Waals surface area contributed by atoms with Crippen LogP contribution in [0.5, 0.6) is 0 Å². The molecule has 0 spiro atoms. The molecule has 0 aliphatic carbocycles. The summed E-state index contributed by atoms with van der Waals surface area (Å²) in [6, 6.07) is 0.0109. The van der Waals surface area contributed by atoms with E-state index in [1.807, 2.05) is 6.92 Å². The van der Waals surface area contributed by atoms with E-state index >= 15 is 0 Å². The van der Waals surface area contributed by atoms with Gasteiger partial charge in [0.25, 0.3) is 0 Å². The predicted octanol–water partition coefficient (Wildman–Crippen LogP) is 0.0606. The molecule has 10 heavy (non-hydrogen) atoms. The predicted molar refractivity (Wildman–Crippen MR) is 40.3 cm³/mol. The highest BCUT2D eigenvalue weighted by Gasteiger charge is 2.26. The first-order valence-corrected chi connectivity index (χ1v) is 3.48. The normalized spacial score (nSPS) is 15.9. The van der Waals surface area contributed by atoms with Gasteiger partial charge < -0.3 is 15.9 Å². The van der Waals surface area contributed by atoms with Crippen molar-refractivity contribution in [3.8, 4) is 0 Å². The Morgan fingerprint density at radius 2 is 1.80 bits per heavy atom. The van der Waals surface area contributed by atoms with E-state index < -0.39 is 11.7 Å². The molecular weight excluding hydrogens is 130 g/mol. The van der Waals surface area contributed by atoms with E-state index in [2.05, 4.69) is 0 Å². The van der Waals surface area contributed by atoms with Crippen LogP contribution < -0.4 is 5.73 Å². The molecule has 62 valence electrons. The van der Waals surface area contributed by atoms with Gasteiger partial charge in [-0.1, -0.05) is 13.8 Å². The van der Waals surface area contributed by atoms with Gasteiger partial charge in [0, 0.05) is 11.5 Å². The maximum atomic E-state index is 8.83. The average molecular weight is 147 g/mol. The lowest BCUT2D eigenvalue weighted by molar-refractivity contribution is -0.125. The lowest BCUT2D eigenvalue weighted by Gasteiger charge is -2.28. The van der Waals surface area contributed by atoms with Gasteiger partial charge in [-0.3, -0.25) is 0 Å². The number of aliphatic hydroxyl groups is 2. The third-order valence-electron chi connectivity index (χ3n) is 1.55. The Hall–Kier alpha value is -0.120. The zero-order chi connectivity index (χ0) is 8.36. The Labute approximate surface area is 61.9 Å². The zero-order valence-corrected chi connectivity index (χ0v) is 6.83. The topological polar surface area (TPSA) is 66.5 Å². The van der Waals surface area contributed by atoms with Crippen LogP contribution in [0.25, 0.3) is 0 Å². The third kappa shape index (κ3) is 3.15. The lowest BCUT2D eigenvalue weighted by Crippen LogP contribution is -2.34. The van der Waals surface area contributed by atoms with Crippen LogP contribution in [0.15, 0.2) is 0 Å². The van der Waals surface area contributed by atoms with Crippen LogP contribution in [-0.2, 0) is 0 Å². The van der Waals surface area contributed by atoms with Crippen molar-refractivity contribution in [1.82, 2.24) is 0 Å². The molecular formula is C7H17NO2. The summed E-state index contributed by atoms with van der Waals surface area (Å²) >= 11 is 0. The second-order valence-electron chi connectivity index (χ2n) is 3.54. The van der Waals surface area contributed by atoms with Gasteiger partial charge in [-0.15, -0.1) is 0 Å². The van der Waals surface area contributed by atoms with Gasteiger partial charge in [-0.25, -0.2) is 0 Å². The van der Waals surface area contributed by atoms with Crippen LogP contribution in [0.1, 0.15) is 27.2 Å². The zero-order valence-electron chi connectivity index (χ0n) is 6.83. The van der Waals surface area contributed by atoms with E-state index in [0.29, 0.717) is 6.42 Å². The number of rotatable bonds is 3. The van der Waals surface area contributed by atoms with E-state index in [1.54, 1.807) is 13.8 Å². The summed E-state index contributed by atoms with van der Waals surface area (Å²) in [6.07, 6.45) is -0.663. The van der Waals surface area contributed by atoms with E-state index in [4.69, 9.17) is 15.9 Å². The first kappa shape index (κ1) is 9.88. The fraction of sp³-hybridized carbons (Fsp3) is 1.00. The van der Waals surface area contributed by atoms with Crippen molar-refractivity contribution in [2.75, 3.05) is 0 Å². The van der Waals surface area contributed by atoms with Crippen molar-refractivity contribution in [3.05, 3.63) is 0 Å². The molecule has 0 radical (unpaired) electrons. The molecule has 0 aromatic rings. The molecule has 0 saturated heterocycles. The molecule has 0 aliphatic heterocycles. The fourth-order valence-corrected chi connectivity index (χ4v) is 0.935. The van der Waals surface area contributed by atoms with Crippen LogP contribution in [-0.4, -0.2) is 22.5 Å². The largest absolute Gasteiger partial charge is 0.368 e. The van der Waals surface area contributed by atoms with Gasteiger partial charge in [0.1, 0.15) is 0 Å². The van der Waals surface area contributed by atoms with Crippen molar-refractivity contribution in [2.24, 2.45) is 11.1 Å². The number of aliphatic hydroxyl groups excluding tert-OH is 1. The molecule has 4 N–H and O–H groups in total. The molecule has 0 aromatic heterocycles. The summed E-state index contributed by atoms with van der Waals surface area (Å²) in [5.74, 6) is 0. The molecule has 0 fully saturated rings. The summed E-state index contributed by atoms with van der Waals surface area (Å²) in [7, 11) is 0. The highest BCUT2D eigenvalue weighted by atomic mass is 16.5. The quantitative estimate of drug-likeness (QED) is 0.494. The van der Waals surface area contributed by atoms with Crippen molar-refractivity contribution >= 4 is 0 Å². The van der Waals surface area contributed by atoms with Crippen LogP contribution in [0, 0.1) is 5.41 Å². The Morgan fingerprint density at radius 3 is 1.90 bits per heavy atom. The van der Waals surface area contributed by atoms with Gasteiger partial charge in [0.2, 0.25) is 0 Å². The van der Waals surface area contributed by atoms with Crippen molar-refractivity contribution < 1.29 is 10.2 Å². The second-order valence-corrected chi connectivity index (χ2v) is 3.54. The highest BCUT2D eigenvalue weighted by Crippen LogP contribution is 2.24. The molecule has 0 aromatic carbocycles. The molecule has 0 saturated carbocycles. The summed E-state index contributed by atoms with van der Waals surface area (Å²) in [6.45, 7) is 5.41. The third-order valence-corrected chi connectivity index (χ3v) is 1.55. The molecule has 1 unspecified atom stereocenters. The molecule has 0 rings (SSSR count). The summed E-state index contributed by atoms with van der Waals surface area (Å²) in [5, 5.41) is 17.7. The maximum absolute atomic E-state index is 8.83. The van der Waals surface area contributed by atoms with Crippen molar-refractivity contribution in [3.63, 3.8) is 0 Å². The van der Waals surface area contributed by atoms with Gasteiger partial charge in [0.15, 0.2) is 6.29 Å². The molecule has 3 heteroatoms. The fourth-order valence-electron chi connectivity index (χ4n) is 0.935. The first-order chi connectivity index (χ1) is 4.36. The van der Waals surface area contributed by atoms with Crippen LogP contribution >= 0.6 is 0 Å². The smallest absolute Gasteiger partial charge is 0.156 e. The van der Waals surface area contributed by atoms with Gasteiger partial charge >= 0.3 is 0 Å². The standard InChI is InChI=1S/C7H17NO2/c1-5(8)4-7(2,3)6(9)10/h5-6,9-10H,4,8H2,1-3H3. The van der Waals surface area contributed by atoms with Gasteiger partial charge in [-0.2, -0.15) is 0 Å². The Bertz CT molecular complexity index is 99.8. The molecule has 0 bridgehead atoms. The number of hydrogen-bond acceptors (Lipinski definition) is 3. The van der Waals surface area contributed by atoms with E-state index in [0.717, 1.165) is 0 Å². The minimum absolute atomic E-state index is 0.0109. The van der Waals surface area contributed by atoms with Gasteiger partial charge in [-0.05, 0) is 13.3 Å². The number of hydrogen-bond donors (Lipinski definition) is 3. The SMILES string of the molecule is CC(N)CC(C)(C)C(O)O. The monoisotopic (exact) mass is 147 g/mol. The minimum atomic E-state index is -1.28. The first-order valence-electron chi connectivity index (χ1n) is 3.48. The minimum Gasteiger partial charge on any atom is -0.368 e. The molecule has 0 amide bonds. The van der Waals surface area contributed by atoms with Crippen molar-refractivity contribution in [2.45, 2.75) is 39.5 Å². The summed E-state index contributed by atoms with van der Waals surface area (Å²) in [4.78, 5) is 0. The summed E-state index contributed by atoms with van der Waals surface area (Å²) in [5.41, 5.74) is 5.00. The lowest BCUT2D eigenvalue weighted by atomic mass is 9.86. The van der Waals surface area contributed by atoms with Crippen LogP contribution in [0.3, 0.4) is 0 Å². The highest BCUT2D eigenvalue weighted by molar-refractivity contribution is 4.74. The Balaban J connectivity index is 3.87. The van der Waals surface area contributed by atoms with Gasteiger partial charge in [0.05, 0.1) is 0 Å². The van der Waals surface area contributed by atoms with E-state index in [9.17, 15) is 0 Å². The van der Waals surface area contributed by atoms with Crippen LogP contribution in [0.2, 0.25) is 0 Å². The summed E-state index contributed by atoms with van der Waals surface area (Å²) < 4.78 is 0. The Morgan fingerprint density at radius 1 is 1.40 bits per heavy atom. The average Bonchev–Trinajstić information content (AvgIpc) is 1.60. The Kier molecular flexibility index (Phi) is 3.28. The molecule has 1 atom stereocenters. The van der Waals surface area contributed by atoms with Crippen molar-refractivity contribution in [1.29, 1.82) is 0 Å². The van der Waals surface area contributed by atoms with Crippen LogP contribution in [0.4, 0.5) is 0 Å².